The van der Waals surface area contributed by atoms with Crippen molar-refractivity contribution in [2.75, 3.05) is 26.2 Å². The minimum absolute atomic E-state index is 0. The van der Waals surface area contributed by atoms with Crippen molar-refractivity contribution in [2.45, 2.75) is 19.3 Å². The number of hydrogen-bond donors (Lipinski definition) is 0. The van der Waals surface area contributed by atoms with Crippen LogP contribution in [0, 0.1) is 0 Å². The molecule has 2 aliphatic heterocycles. The molecule has 0 spiro atoms. The molecule has 0 atom stereocenters. The molecule has 1 aromatic rings. The molecule has 0 saturated heterocycles. The van der Waals surface area contributed by atoms with Crippen molar-refractivity contribution in [1.82, 2.24) is 4.90 Å². The monoisotopic (exact) mass is 320 g/mol. The molecule has 0 aromatic heterocycles. The highest BCUT2D eigenvalue weighted by Gasteiger charge is 2.31. The number of benzene rings is 1. The van der Waals surface area contributed by atoms with Gasteiger partial charge in [-0.3, -0.25) is 9.48 Å². The minimum Gasteiger partial charge on any atom is -1.00 e. The van der Waals surface area contributed by atoms with Gasteiger partial charge in [-0.25, -0.2) is 0 Å². The molecule has 2 aliphatic rings. The lowest BCUT2D eigenvalue weighted by Gasteiger charge is -2.24. The van der Waals surface area contributed by atoms with E-state index in [4.69, 9.17) is 0 Å². The molecule has 102 valence electrons. The molecule has 1 aromatic carbocycles. The Morgan fingerprint density at radius 3 is 2.68 bits per heavy atom. The van der Waals surface area contributed by atoms with E-state index in [0.29, 0.717) is 0 Å². The number of halogens is 1. The van der Waals surface area contributed by atoms with E-state index in [1.807, 2.05) is 0 Å². The first kappa shape index (κ1) is 14.3. The van der Waals surface area contributed by atoms with Gasteiger partial charge in [-0.15, -0.1) is 0 Å². The lowest BCUT2D eigenvalue weighted by Crippen LogP contribution is -3.00. The van der Waals surface area contributed by atoms with Gasteiger partial charge in [0.05, 0.1) is 26.1 Å². The average Bonchev–Trinajstić information content (AvgIpc) is 2.89. The van der Waals surface area contributed by atoms with E-state index in [-0.39, 0.29) is 17.0 Å². The Morgan fingerprint density at radius 2 is 1.89 bits per heavy atom. The summed E-state index contributed by atoms with van der Waals surface area (Å²) in [5.74, 6) is 1.55. The Balaban J connectivity index is 0.00000133. The largest absolute Gasteiger partial charge is 1.00 e. The zero-order chi connectivity index (χ0) is 12.4. The van der Waals surface area contributed by atoms with Crippen molar-refractivity contribution in [2.24, 2.45) is 0 Å². The minimum atomic E-state index is 0. The SMILES string of the molecule is C=C(CN1CCC[N+]2=C1CCC2)c1ccccc1.[Br-]. The van der Waals surface area contributed by atoms with Crippen LogP contribution < -0.4 is 17.0 Å². The van der Waals surface area contributed by atoms with Crippen LogP contribution in [-0.2, 0) is 0 Å². The smallest absolute Gasteiger partial charge is 0.247 e. The van der Waals surface area contributed by atoms with Gasteiger partial charge in [0.2, 0.25) is 5.84 Å². The number of nitrogens with zero attached hydrogens (tertiary/aromatic N) is 2. The van der Waals surface area contributed by atoms with Crippen molar-refractivity contribution < 1.29 is 21.6 Å². The molecule has 0 saturated carbocycles. The Bertz CT molecular complexity index is 479. The van der Waals surface area contributed by atoms with E-state index in [1.165, 1.54) is 50.0 Å². The first-order valence-corrected chi connectivity index (χ1v) is 6.93. The van der Waals surface area contributed by atoms with Crippen LogP contribution in [0.2, 0.25) is 0 Å². The summed E-state index contributed by atoms with van der Waals surface area (Å²) < 4.78 is 2.56. The summed E-state index contributed by atoms with van der Waals surface area (Å²) in [6.45, 7) is 8.94. The van der Waals surface area contributed by atoms with E-state index in [9.17, 15) is 0 Å². The zero-order valence-corrected chi connectivity index (χ0v) is 12.9. The molecule has 0 unspecified atom stereocenters. The fourth-order valence-electron chi connectivity index (χ4n) is 3.06. The van der Waals surface area contributed by atoms with E-state index in [0.717, 1.165) is 6.54 Å². The molecular weight excluding hydrogens is 300 g/mol. The first-order valence-electron chi connectivity index (χ1n) is 6.93. The number of rotatable bonds is 3. The fraction of sp³-hybridized carbons (Fsp3) is 0.438. The van der Waals surface area contributed by atoms with Gasteiger partial charge in [-0.2, -0.15) is 0 Å². The predicted molar refractivity (Wildman–Crippen MR) is 75.9 cm³/mol. The van der Waals surface area contributed by atoms with Crippen LogP contribution in [0.4, 0.5) is 0 Å². The van der Waals surface area contributed by atoms with E-state index >= 15 is 0 Å². The summed E-state index contributed by atoms with van der Waals surface area (Å²) in [6.07, 6.45) is 3.86. The van der Waals surface area contributed by atoms with Crippen LogP contribution in [0.15, 0.2) is 36.9 Å². The third-order valence-corrected chi connectivity index (χ3v) is 3.98. The van der Waals surface area contributed by atoms with E-state index < -0.39 is 0 Å². The third kappa shape index (κ3) is 3.08. The van der Waals surface area contributed by atoms with Gasteiger partial charge in [-0.05, 0) is 17.6 Å². The van der Waals surface area contributed by atoms with Gasteiger partial charge >= 0.3 is 0 Å². The lowest BCUT2D eigenvalue weighted by molar-refractivity contribution is -0.529. The number of amidine groups is 1. The lowest BCUT2D eigenvalue weighted by atomic mass is 10.1. The molecule has 0 N–H and O–H groups in total. The maximum absolute atomic E-state index is 4.26. The molecule has 2 heterocycles. The van der Waals surface area contributed by atoms with Crippen LogP contribution in [0.25, 0.3) is 5.57 Å². The topological polar surface area (TPSA) is 6.25 Å². The Kier molecular flexibility index (Phi) is 4.81. The van der Waals surface area contributed by atoms with Crippen LogP contribution in [0.3, 0.4) is 0 Å². The standard InChI is InChI=1S/C16H21N2.BrH/c1-14(15-7-3-2-4-8-15)13-18-12-6-11-17-10-5-9-16(17)18;/h2-4,7-8H,1,5-6,9-13H2;1H/q+1;/p-1. The van der Waals surface area contributed by atoms with Gasteiger partial charge < -0.3 is 17.0 Å². The van der Waals surface area contributed by atoms with Crippen LogP contribution in [0.1, 0.15) is 24.8 Å². The Labute approximate surface area is 126 Å². The maximum Gasteiger partial charge on any atom is 0.247 e. The van der Waals surface area contributed by atoms with Gasteiger partial charge in [0.1, 0.15) is 6.54 Å². The van der Waals surface area contributed by atoms with Gasteiger partial charge in [0.15, 0.2) is 0 Å². The van der Waals surface area contributed by atoms with Crippen molar-refractivity contribution in [3.63, 3.8) is 0 Å². The van der Waals surface area contributed by atoms with E-state index in [2.05, 4.69) is 46.4 Å². The second-order valence-corrected chi connectivity index (χ2v) is 5.25. The summed E-state index contributed by atoms with van der Waals surface area (Å²) in [7, 11) is 0. The third-order valence-electron chi connectivity index (χ3n) is 3.98. The molecule has 3 heteroatoms. The van der Waals surface area contributed by atoms with Crippen LogP contribution in [0.5, 0.6) is 0 Å². The molecule has 3 rings (SSSR count). The highest BCUT2D eigenvalue weighted by Crippen LogP contribution is 2.19. The molecule has 0 fully saturated rings. The molecule has 0 aliphatic carbocycles. The summed E-state index contributed by atoms with van der Waals surface area (Å²) in [6, 6.07) is 10.6. The molecule has 2 nitrogen and oxygen atoms in total. The first-order chi connectivity index (χ1) is 8.84. The summed E-state index contributed by atoms with van der Waals surface area (Å²) in [4.78, 5) is 2.53. The molecule has 19 heavy (non-hydrogen) atoms. The Hall–Kier alpha value is -1.09. The number of hydrogen-bond acceptors (Lipinski definition) is 1. The normalized spacial score (nSPS) is 18.0. The van der Waals surface area contributed by atoms with Crippen molar-refractivity contribution in [3.8, 4) is 0 Å². The predicted octanol–water partition coefficient (Wildman–Crippen LogP) is -0.386. The van der Waals surface area contributed by atoms with Crippen molar-refractivity contribution >= 4 is 11.4 Å². The van der Waals surface area contributed by atoms with Gasteiger partial charge in [-0.1, -0.05) is 36.9 Å². The summed E-state index contributed by atoms with van der Waals surface area (Å²) in [5, 5.41) is 0. The molecule has 0 radical (unpaired) electrons. The average molecular weight is 321 g/mol. The maximum atomic E-state index is 4.26. The second-order valence-electron chi connectivity index (χ2n) is 5.25. The quantitative estimate of drug-likeness (QED) is 0.688. The summed E-state index contributed by atoms with van der Waals surface area (Å²) >= 11 is 0. The van der Waals surface area contributed by atoms with Crippen molar-refractivity contribution in [1.29, 1.82) is 0 Å². The van der Waals surface area contributed by atoms with Gasteiger partial charge in [0, 0.05) is 6.42 Å². The molecule has 0 amide bonds. The second kappa shape index (κ2) is 6.38. The van der Waals surface area contributed by atoms with Crippen molar-refractivity contribution in [3.05, 3.63) is 42.5 Å². The van der Waals surface area contributed by atoms with Crippen LogP contribution in [-0.4, -0.2) is 41.5 Å². The fourth-order valence-corrected chi connectivity index (χ4v) is 3.06. The molecular formula is C16H21BrN2. The summed E-state index contributed by atoms with van der Waals surface area (Å²) in [5.41, 5.74) is 2.50. The Morgan fingerprint density at radius 1 is 1.16 bits per heavy atom. The highest BCUT2D eigenvalue weighted by atomic mass is 79.9. The van der Waals surface area contributed by atoms with Gasteiger partial charge in [0.25, 0.3) is 0 Å². The van der Waals surface area contributed by atoms with E-state index in [1.54, 1.807) is 5.84 Å². The van der Waals surface area contributed by atoms with Crippen LogP contribution >= 0.6 is 0 Å². The zero-order valence-electron chi connectivity index (χ0n) is 11.3. The highest BCUT2D eigenvalue weighted by molar-refractivity contribution is 5.81. The molecule has 0 bridgehead atoms.